The van der Waals surface area contributed by atoms with Crippen molar-refractivity contribution >= 4 is 19.1 Å². The van der Waals surface area contributed by atoms with Gasteiger partial charge in [0.15, 0.2) is 5.90 Å². The highest BCUT2D eigenvalue weighted by atomic mass is 31.1. The van der Waals surface area contributed by atoms with Gasteiger partial charge in [0.2, 0.25) is 0 Å². The first kappa shape index (κ1) is 24.1. The molecule has 2 aliphatic carbocycles. The molecular weight excluding hydrogens is 433 g/mol. The van der Waals surface area contributed by atoms with E-state index in [-0.39, 0.29) is 19.4 Å². The lowest BCUT2D eigenvalue weighted by Crippen LogP contribution is -2.27. The second-order valence-electron chi connectivity index (χ2n) is 11.6. The van der Waals surface area contributed by atoms with Crippen molar-refractivity contribution in [2.45, 2.75) is 102 Å². The lowest BCUT2D eigenvalue weighted by atomic mass is 9.95. The lowest BCUT2D eigenvalue weighted by Gasteiger charge is -2.39. The highest BCUT2D eigenvalue weighted by Gasteiger charge is 2.35. The molecule has 0 bridgehead atoms. The largest absolute Gasteiger partial charge is 0.478 e. The zero-order chi connectivity index (χ0) is 23.5. The molecule has 0 spiro atoms. The summed E-state index contributed by atoms with van der Waals surface area (Å²) in [4.78, 5) is 5.07. The van der Waals surface area contributed by atoms with E-state index in [0.29, 0.717) is 6.61 Å². The van der Waals surface area contributed by atoms with Crippen LogP contribution in [-0.4, -0.2) is 23.8 Å². The van der Waals surface area contributed by atoms with E-state index < -0.39 is 0 Å². The van der Waals surface area contributed by atoms with Crippen molar-refractivity contribution in [1.82, 2.24) is 0 Å². The fraction of sp³-hybridized carbons (Fsp3) is 0.581. The standard InChI is InChI=1S/C31H42NOP/c1-31(2,3)30-32-28(22-33-30)26-19-11-10-18-25(26)27-20-12-13-21-29(27)34(23-14-6-4-7-15-23)24-16-8-5-9-17-24/h10-13,18-21,23-24,28H,4-9,14-17,22H2,1-3H3/t28-/m1/s1. The van der Waals surface area contributed by atoms with Crippen LogP contribution in [0.15, 0.2) is 53.5 Å². The van der Waals surface area contributed by atoms with E-state index in [1.165, 1.54) is 80.9 Å². The summed E-state index contributed by atoms with van der Waals surface area (Å²) in [7, 11) is -0.155. The highest BCUT2D eigenvalue weighted by molar-refractivity contribution is 7.67. The molecule has 34 heavy (non-hydrogen) atoms. The maximum Gasteiger partial charge on any atom is 0.189 e. The zero-order valence-electron chi connectivity index (χ0n) is 21.4. The van der Waals surface area contributed by atoms with Crippen LogP contribution in [0.2, 0.25) is 0 Å². The van der Waals surface area contributed by atoms with E-state index in [9.17, 15) is 0 Å². The monoisotopic (exact) mass is 475 g/mol. The molecule has 2 saturated carbocycles. The first-order chi connectivity index (χ1) is 16.5. The zero-order valence-corrected chi connectivity index (χ0v) is 22.3. The molecule has 5 rings (SSSR count). The summed E-state index contributed by atoms with van der Waals surface area (Å²) in [5, 5.41) is 1.67. The minimum atomic E-state index is -0.155. The Labute approximate surface area is 208 Å². The Morgan fingerprint density at radius 3 is 1.88 bits per heavy atom. The molecule has 182 valence electrons. The first-order valence-electron chi connectivity index (χ1n) is 13.7. The van der Waals surface area contributed by atoms with Crippen molar-refractivity contribution in [3.63, 3.8) is 0 Å². The van der Waals surface area contributed by atoms with E-state index in [1.807, 2.05) is 0 Å². The second-order valence-corrected chi connectivity index (χ2v) is 14.4. The Balaban J connectivity index is 1.56. The average molecular weight is 476 g/mol. The van der Waals surface area contributed by atoms with Crippen molar-refractivity contribution in [2.75, 3.05) is 6.61 Å². The van der Waals surface area contributed by atoms with Gasteiger partial charge in [0, 0.05) is 5.41 Å². The van der Waals surface area contributed by atoms with Gasteiger partial charge in [-0.1, -0.05) is 116 Å². The van der Waals surface area contributed by atoms with Crippen LogP contribution in [0, 0.1) is 5.41 Å². The van der Waals surface area contributed by atoms with Gasteiger partial charge in [0.25, 0.3) is 0 Å². The molecule has 0 amide bonds. The topological polar surface area (TPSA) is 21.6 Å². The lowest BCUT2D eigenvalue weighted by molar-refractivity contribution is 0.283. The van der Waals surface area contributed by atoms with E-state index in [2.05, 4.69) is 69.3 Å². The van der Waals surface area contributed by atoms with Gasteiger partial charge < -0.3 is 4.74 Å². The number of ether oxygens (including phenoxy) is 1. The van der Waals surface area contributed by atoms with Crippen LogP contribution in [0.4, 0.5) is 0 Å². The molecule has 0 radical (unpaired) electrons. The minimum Gasteiger partial charge on any atom is -0.478 e. The summed E-state index contributed by atoms with van der Waals surface area (Å²) in [6, 6.07) is 18.6. The number of rotatable bonds is 5. The molecule has 0 unspecified atom stereocenters. The first-order valence-corrected chi connectivity index (χ1v) is 15.2. The quantitative estimate of drug-likeness (QED) is 0.397. The molecule has 2 fully saturated rings. The van der Waals surface area contributed by atoms with E-state index in [0.717, 1.165) is 17.2 Å². The number of hydrogen-bond acceptors (Lipinski definition) is 2. The van der Waals surface area contributed by atoms with Crippen LogP contribution < -0.4 is 5.30 Å². The highest BCUT2D eigenvalue weighted by Crippen LogP contribution is 2.56. The maximum absolute atomic E-state index is 6.10. The SMILES string of the molecule is CC(C)(C)C1=N[C@@H](c2ccccc2-c2ccccc2P(C2CCCCC2)C2CCCCC2)CO1. The predicted molar refractivity (Wildman–Crippen MR) is 148 cm³/mol. The van der Waals surface area contributed by atoms with E-state index >= 15 is 0 Å². The molecule has 1 atom stereocenters. The van der Waals surface area contributed by atoms with Crippen LogP contribution in [-0.2, 0) is 4.74 Å². The van der Waals surface area contributed by atoms with E-state index in [4.69, 9.17) is 9.73 Å². The average Bonchev–Trinajstić information content (AvgIpc) is 3.37. The Morgan fingerprint density at radius 2 is 1.29 bits per heavy atom. The van der Waals surface area contributed by atoms with Crippen molar-refractivity contribution in [1.29, 1.82) is 0 Å². The molecule has 2 nitrogen and oxygen atoms in total. The van der Waals surface area contributed by atoms with Crippen LogP contribution in [0.5, 0.6) is 0 Å². The van der Waals surface area contributed by atoms with Gasteiger partial charge in [-0.05, 0) is 59.0 Å². The fourth-order valence-electron chi connectivity index (χ4n) is 6.31. The molecule has 2 aromatic carbocycles. The van der Waals surface area contributed by atoms with Crippen LogP contribution in [0.1, 0.15) is 96.6 Å². The van der Waals surface area contributed by atoms with Gasteiger partial charge in [-0.3, -0.25) is 0 Å². The Kier molecular flexibility index (Phi) is 7.45. The van der Waals surface area contributed by atoms with Crippen molar-refractivity contribution in [3.05, 3.63) is 54.1 Å². The molecule has 0 N–H and O–H groups in total. The fourth-order valence-corrected chi connectivity index (χ4v) is 10.3. The van der Waals surface area contributed by atoms with Crippen LogP contribution >= 0.6 is 7.92 Å². The summed E-state index contributed by atoms with van der Waals surface area (Å²) in [6.45, 7) is 7.23. The molecule has 1 aliphatic heterocycles. The third kappa shape index (κ3) is 5.13. The third-order valence-electron chi connectivity index (χ3n) is 8.02. The third-order valence-corrected chi connectivity index (χ3v) is 11.6. The van der Waals surface area contributed by atoms with Crippen LogP contribution in [0.25, 0.3) is 11.1 Å². The second kappa shape index (κ2) is 10.5. The Bertz CT molecular complexity index is 976. The number of nitrogens with zero attached hydrogens (tertiary/aromatic N) is 1. The Hall–Kier alpha value is -1.66. The normalized spacial score (nSPS) is 22.6. The number of aliphatic imine (C=N–C) groups is 1. The van der Waals surface area contributed by atoms with Gasteiger partial charge in [-0.2, -0.15) is 0 Å². The van der Waals surface area contributed by atoms with Crippen molar-refractivity contribution < 1.29 is 4.74 Å². The molecule has 2 aromatic rings. The molecule has 1 heterocycles. The maximum atomic E-state index is 6.10. The predicted octanol–water partition coefficient (Wildman–Crippen LogP) is 8.64. The smallest absolute Gasteiger partial charge is 0.189 e. The van der Waals surface area contributed by atoms with Gasteiger partial charge in [0.05, 0.1) is 0 Å². The summed E-state index contributed by atoms with van der Waals surface area (Å²) in [5.74, 6) is 0.896. The van der Waals surface area contributed by atoms with Gasteiger partial charge in [-0.15, -0.1) is 0 Å². The van der Waals surface area contributed by atoms with Gasteiger partial charge >= 0.3 is 0 Å². The summed E-state index contributed by atoms with van der Waals surface area (Å²) < 4.78 is 6.10. The molecular formula is C31H42NOP. The molecule has 0 aromatic heterocycles. The van der Waals surface area contributed by atoms with Crippen molar-refractivity contribution in [3.8, 4) is 11.1 Å². The molecule has 0 saturated heterocycles. The van der Waals surface area contributed by atoms with Crippen molar-refractivity contribution in [2.24, 2.45) is 10.4 Å². The summed E-state index contributed by atoms with van der Waals surface area (Å²) in [6.07, 6.45) is 14.3. The summed E-state index contributed by atoms with van der Waals surface area (Å²) >= 11 is 0. The van der Waals surface area contributed by atoms with Gasteiger partial charge in [-0.25, -0.2) is 4.99 Å². The number of benzene rings is 2. The van der Waals surface area contributed by atoms with E-state index in [1.54, 1.807) is 5.30 Å². The van der Waals surface area contributed by atoms with Crippen LogP contribution in [0.3, 0.4) is 0 Å². The van der Waals surface area contributed by atoms with Gasteiger partial charge in [0.1, 0.15) is 12.6 Å². The minimum absolute atomic E-state index is 0.0438. The summed E-state index contributed by atoms with van der Waals surface area (Å²) in [5.41, 5.74) is 5.94. The molecule has 3 aliphatic rings. The molecule has 3 heteroatoms. The number of hydrogen-bond donors (Lipinski definition) is 0. The Morgan fingerprint density at radius 1 is 0.735 bits per heavy atom.